The Labute approximate surface area is 108 Å². The van der Waals surface area contributed by atoms with E-state index in [9.17, 15) is 4.79 Å². The van der Waals surface area contributed by atoms with Gasteiger partial charge in [0.1, 0.15) is 12.4 Å². The van der Waals surface area contributed by atoms with Gasteiger partial charge in [-0.25, -0.2) is 5.84 Å². The van der Waals surface area contributed by atoms with Crippen molar-refractivity contribution < 1.29 is 9.53 Å². The van der Waals surface area contributed by atoms with Crippen LogP contribution in [-0.4, -0.2) is 17.5 Å². The maximum Gasteiger partial charge on any atom is 0.242 e. The smallest absolute Gasteiger partial charge is 0.242 e. The highest BCUT2D eigenvalue weighted by molar-refractivity contribution is 5.81. The molecule has 0 aliphatic carbocycles. The Hall–Kier alpha value is -1.62. The molecule has 0 spiro atoms. The zero-order valence-electron chi connectivity index (χ0n) is 11.4. The monoisotopic (exact) mass is 251 g/mol. The number of rotatable bonds is 5. The molecule has 100 valence electrons. The van der Waals surface area contributed by atoms with Gasteiger partial charge in [0.2, 0.25) is 5.91 Å². The number of aryl methyl sites for hydroxylation is 2. The number of hydrazine groups is 1. The molecular formula is C13H21N3O2. The van der Waals surface area contributed by atoms with Crippen molar-refractivity contribution in [2.45, 2.75) is 34.1 Å². The molecule has 5 heteroatoms. The lowest BCUT2D eigenvalue weighted by molar-refractivity contribution is -0.130. The quantitative estimate of drug-likeness (QED) is 0.470. The van der Waals surface area contributed by atoms with Crippen LogP contribution in [0.4, 0.5) is 0 Å². The van der Waals surface area contributed by atoms with Gasteiger partial charge in [0, 0.05) is 5.69 Å². The summed E-state index contributed by atoms with van der Waals surface area (Å²) in [6.07, 6.45) is 0.792. The van der Waals surface area contributed by atoms with Gasteiger partial charge >= 0.3 is 0 Å². The summed E-state index contributed by atoms with van der Waals surface area (Å²) in [4.78, 5) is 15.9. The van der Waals surface area contributed by atoms with Gasteiger partial charge in [-0.1, -0.05) is 6.92 Å². The third-order valence-electron chi connectivity index (χ3n) is 2.74. The van der Waals surface area contributed by atoms with Crippen LogP contribution in [-0.2, 0) is 11.2 Å². The molecule has 0 aliphatic rings. The van der Waals surface area contributed by atoms with Crippen molar-refractivity contribution >= 4 is 5.91 Å². The second-order valence-electron chi connectivity index (χ2n) is 4.90. The molecule has 18 heavy (non-hydrogen) atoms. The number of hydrogen-bond acceptors (Lipinski definition) is 4. The first-order chi connectivity index (χ1) is 8.40. The van der Waals surface area contributed by atoms with E-state index < -0.39 is 5.41 Å². The number of nitrogens with one attached hydrogen (secondary N) is 1. The normalized spacial score (nSPS) is 11.2. The first-order valence-electron chi connectivity index (χ1n) is 6.01. The van der Waals surface area contributed by atoms with E-state index in [1.54, 1.807) is 13.8 Å². The molecule has 0 bridgehead atoms. The predicted molar refractivity (Wildman–Crippen MR) is 70.0 cm³/mol. The second kappa shape index (κ2) is 5.82. The fraction of sp³-hybridized carbons (Fsp3) is 0.538. The van der Waals surface area contributed by atoms with E-state index in [-0.39, 0.29) is 12.5 Å². The minimum Gasteiger partial charge on any atom is -0.491 e. The van der Waals surface area contributed by atoms with E-state index >= 15 is 0 Å². The van der Waals surface area contributed by atoms with Gasteiger partial charge in [-0.05, 0) is 39.3 Å². The summed E-state index contributed by atoms with van der Waals surface area (Å²) in [5, 5.41) is 0. The van der Waals surface area contributed by atoms with E-state index in [0.29, 0.717) is 0 Å². The summed E-state index contributed by atoms with van der Waals surface area (Å²) in [6.45, 7) is 7.78. The topological polar surface area (TPSA) is 77.2 Å². The van der Waals surface area contributed by atoms with Crippen LogP contribution in [0.25, 0.3) is 0 Å². The largest absolute Gasteiger partial charge is 0.491 e. The molecule has 0 radical (unpaired) electrons. The molecule has 3 N–H and O–H groups in total. The molecule has 0 saturated heterocycles. The molecule has 0 unspecified atom stereocenters. The van der Waals surface area contributed by atoms with Gasteiger partial charge in [-0.15, -0.1) is 0 Å². The Morgan fingerprint density at radius 3 is 2.72 bits per heavy atom. The number of nitrogens with zero attached hydrogens (tertiary/aromatic N) is 1. The lowest BCUT2D eigenvalue weighted by atomic mass is 9.94. The van der Waals surface area contributed by atoms with Crippen molar-refractivity contribution in [1.82, 2.24) is 10.4 Å². The highest BCUT2D eigenvalue weighted by Gasteiger charge is 2.28. The zero-order valence-corrected chi connectivity index (χ0v) is 11.4. The van der Waals surface area contributed by atoms with Crippen LogP contribution in [0.2, 0.25) is 0 Å². The Morgan fingerprint density at radius 2 is 2.17 bits per heavy atom. The van der Waals surface area contributed by atoms with Gasteiger partial charge in [-0.3, -0.25) is 15.2 Å². The zero-order chi connectivity index (χ0) is 13.8. The average molecular weight is 251 g/mol. The van der Waals surface area contributed by atoms with E-state index in [4.69, 9.17) is 10.6 Å². The molecule has 1 aromatic rings. The highest BCUT2D eigenvalue weighted by atomic mass is 16.5. The Morgan fingerprint density at radius 1 is 1.50 bits per heavy atom. The third kappa shape index (κ3) is 3.43. The Bertz CT molecular complexity index is 430. The number of carbonyl (C=O) groups is 1. The van der Waals surface area contributed by atoms with E-state index in [1.807, 2.05) is 26.0 Å². The number of nitrogens with two attached hydrogens (primary N) is 1. The molecule has 0 atom stereocenters. The minimum atomic E-state index is -0.676. The molecule has 0 fully saturated rings. The highest BCUT2D eigenvalue weighted by Crippen LogP contribution is 2.22. The molecule has 0 aliphatic heterocycles. The maximum absolute atomic E-state index is 11.5. The van der Waals surface area contributed by atoms with Crippen molar-refractivity contribution in [3.8, 4) is 5.75 Å². The molecule has 0 aromatic carbocycles. The van der Waals surface area contributed by atoms with Gasteiger partial charge in [-0.2, -0.15) is 0 Å². The third-order valence-corrected chi connectivity index (χ3v) is 2.74. The van der Waals surface area contributed by atoms with Crippen LogP contribution in [0.15, 0.2) is 12.1 Å². The Balaban J connectivity index is 2.77. The molecule has 1 rings (SSSR count). The van der Waals surface area contributed by atoms with Crippen LogP contribution in [0.5, 0.6) is 5.75 Å². The number of aromatic nitrogens is 1. The maximum atomic E-state index is 11.5. The molecule has 5 nitrogen and oxygen atoms in total. The summed E-state index contributed by atoms with van der Waals surface area (Å²) in [7, 11) is 0. The number of carbonyl (C=O) groups excluding carboxylic acids is 1. The average Bonchev–Trinajstić information content (AvgIpc) is 2.36. The minimum absolute atomic E-state index is 0.249. The second-order valence-corrected chi connectivity index (χ2v) is 4.90. The standard InChI is InChI=1S/C13H21N3O2/c1-5-10-11(7-6-9(2)15-10)18-8-13(3,4)12(17)16-14/h6-7H,5,8,14H2,1-4H3,(H,16,17). The fourth-order valence-electron chi connectivity index (χ4n) is 1.50. The SMILES string of the molecule is CCc1nc(C)ccc1OCC(C)(C)C(=O)NN. The lowest BCUT2D eigenvalue weighted by Gasteiger charge is -2.23. The van der Waals surface area contributed by atoms with Crippen LogP contribution in [0, 0.1) is 12.3 Å². The molecule has 1 aromatic heterocycles. The van der Waals surface area contributed by atoms with Gasteiger partial charge in [0.15, 0.2) is 0 Å². The van der Waals surface area contributed by atoms with Gasteiger partial charge in [0.05, 0.1) is 11.1 Å². The first-order valence-corrected chi connectivity index (χ1v) is 6.01. The van der Waals surface area contributed by atoms with Crippen molar-refractivity contribution in [3.63, 3.8) is 0 Å². The van der Waals surface area contributed by atoms with E-state index in [1.165, 1.54) is 0 Å². The number of amides is 1. The summed E-state index contributed by atoms with van der Waals surface area (Å²) in [6, 6.07) is 3.78. The Kier molecular flexibility index (Phi) is 4.67. The van der Waals surface area contributed by atoms with Crippen LogP contribution >= 0.6 is 0 Å². The molecule has 1 amide bonds. The molecule has 1 heterocycles. The molecule has 0 saturated carbocycles. The van der Waals surface area contributed by atoms with Crippen molar-refractivity contribution in [2.75, 3.05) is 6.61 Å². The van der Waals surface area contributed by atoms with Crippen molar-refractivity contribution in [3.05, 3.63) is 23.5 Å². The number of hydrogen-bond donors (Lipinski definition) is 2. The van der Waals surface area contributed by atoms with E-state index in [0.717, 1.165) is 23.6 Å². The first kappa shape index (κ1) is 14.4. The van der Waals surface area contributed by atoms with Crippen molar-refractivity contribution in [2.24, 2.45) is 11.3 Å². The lowest BCUT2D eigenvalue weighted by Crippen LogP contribution is -2.44. The van der Waals surface area contributed by atoms with E-state index in [2.05, 4.69) is 10.4 Å². The van der Waals surface area contributed by atoms with Crippen molar-refractivity contribution in [1.29, 1.82) is 0 Å². The predicted octanol–water partition coefficient (Wildman–Crippen LogP) is 1.35. The van der Waals surface area contributed by atoms with Crippen LogP contribution < -0.4 is 16.0 Å². The summed E-state index contributed by atoms with van der Waals surface area (Å²) >= 11 is 0. The molecular weight excluding hydrogens is 230 g/mol. The summed E-state index contributed by atoms with van der Waals surface area (Å²) in [5.74, 6) is 5.61. The van der Waals surface area contributed by atoms with Gasteiger partial charge in [0.25, 0.3) is 0 Å². The number of pyridine rings is 1. The summed E-state index contributed by atoms with van der Waals surface area (Å²) in [5.41, 5.74) is 3.33. The van der Waals surface area contributed by atoms with Gasteiger partial charge < -0.3 is 4.74 Å². The van der Waals surface area contributed by atoms with Crippen LogP contribution in [0.3, 0.4) is 0 Å². The van der Waals surface area contributed by atoms with Crippen LogP contribution in [0.1, 0.15) is 32.2 Å². The number of ether oxygens (including phenoxy) is 1. The summed E-state index contributed by atoms with van der Waals surface area (Å²) < 4.78 is 5.69. The fourth-order valence-corrected chi connectivity index (χ4v) is 1.50.